The molecule has 1 spiro atoms. The summed E-state index contributed by atoms with van der Waals surface area (Å²) in [5.74, 6) is 0.827. The molecule has 2 aliphatic carbocycles. The number of likely N-dealkylation sites (N-methyl/N-ethyl adjacent to an activating group) is 1. The molecule has 0 aromatic heterocycles. The van der Waals surface area contributed by atoms with Crippen LogP contribution in [0.2, 0.25) is 0 Å². The number of piperidine rings is 1. The number of Topliss-reactive ketones (excluding diaryl/α,β-unsaturated/α-hetero) is 1. The summed E-state index contributed by atoms with van der Waals surface area (Å²) >= 11 is 0. The van der Waals surface area contributed by atoms with Crippen LogP contribution in [0.15, 0.2) is 42.5 Å². The summed E-state index contributed by atoms with van der Waals surface area (Å²) in [6, 6.07) is 9.70. The molecule has 2 aromatic rings. The van der Waals surface area contributed by atoms with Crippen LogP contribution in [0.4, 0.5) is 0 Å². The number of hydrogen-bond donors (Lipinski definition) is 2. The minimum Gasteiger partial charge on any atom is -0.504 e. The van der Waals surface area contributed by atoms with Gasteiger partial charge in [0.15, 0.2) is 17.3 Å². The van der Waals surface area contributed by atoms with Crippen molar-refractivity contribution in [1.29, 1.82) is 0 Å². The first-order valence-corrected chi connectivity index (χ1v) is 11.9. The molecule has 5 heteroatoms. The molecule has 33 heavy (non-hydrogen) atoms. The first kappa shape index (κ1) is 20.9. The number of ketones is 1. The summed E-state index contributed by atoms with van der Waals surface area (Å²) in [7, 11) is 2.16. The van der Waals surface area contributed by atoms with Crippen LogP contribution >= 0.6 is 0 Å². The lowest BCUT2D eigenvalue weighted by atomic mass is 9.52. The van der Waals surface area contributed by atoms with Crippen LogP contribution in [-0.2, 0) is 17.3 Å². The van der Waals surface area contributed by atoms with E-state index < -0.39 is 17.6 Å². The van der Waals surface area contributed by atoms with Crippen molar-refractivity contribution in [3.63, 3.8) is 0 Å². The lowest BCUT2D eigenvalue weighted by Gasteiger charge is -2.57. The third-order valence-electron chi connectivity index (χ3n) is 8.83. The largest absolute Gasteiger partial charge is 0.504 e. The first-order chi connectivity index (χ1) is 15.7. The maximum absolute atomic E-state index is 13.7. The van der Waals surface area contributed by atoms with Crippen molar-refractivity contribution in [3.05, 3.63) is 70.3 Å². The Balaban J connectivity index is 1.57. The summed E-state index contributed by atoms with van der Waals surface area (Å²) in [6.07, 6.45) is 4.55. The van der Waals surface area contributed by atoms with Crippen molar-refractivity contribution in [2.75, 3.05) is 13.6 Å². The number of rotatable bonds is 3. The molecule has 1 saturated heterocycles. The summed E-state index contributed by atoms with van der Waals surface area (Å²) in [6.45, 7) is 6.84. The highest BCUT2D eigenvalue weighted by atomic mass is 16.5. The number of aliphatic hydroxyl groups is 1. The van der Waals surface area contributed by atoms with Crippen molar-refractivity contribution >= 4 is 5.78 Å². The van der Waals surface area contributed by atoms with Gasteiger partial charge < -0.3 is 19.8 Å². The minimum absolute atomic E-state index is 0.0373. The standard InChI is InChI=1S/C28H31NO4/c1-15-5-7-16(8-6-15)25(32)27(2,3)19-14-22(31)24-23-17(19)13-20-18-9-10-21(30)26(33-24)28(18,23)11-12-29(20)4/h5-10,14,18,20-21,26,30-31H,11-13H2,1-4H3/t18-,20+,21-,26-,28-/m0/s1. The summed E-state index contributed by atoms with van der Waals surface area (Å²) in [5.41, 5.74) is 3.61. The van der Waals surface area contributed by atoms with Gasteiger partial charge in [-0.3, -0.25) is 4.79 Å². The fraction of sp³-hybridized carbons (Fsp3) is 0.464. The lowest BCUT2D eigenvalue weighted by molar-refractivity contribution is -0.0454. The summed E-state index contributed by atoms with van der Waals surface area (Å²) in [5, 5.41) is 22.0. The van der Waals surface area contributed by atoms with E-state index in [1.165, 1.54) is 0 Å². The van der Waals surface area contributed by atoms with Crippen molar-refractivity contribution < 1.29 is 19.7 Å². The number of benzene rings is 2. The number of aliphatic hydroxyl groups excluding tert-OH is 1. The van der Waals surface area contributed by atoms with Crippen molar-refractivity contribution in [3.8, 4) is 11.5 Å². The van der Waals surface area contributed by atoms with Crippen molar-refractivity contribution in [2.24, 2.45) is 5.92 Å². The zero-order valence-electron chi connectivity index (χ0n) is 19.6. The first-order valence-electron chi connectivity index (χ1n) is 11.9. The third-order valence-corrected chi connectivity index (χ3v) is 8.83. The Morgan fingerprint density at radius 2 is 1.94 bits per heavy atom. The van der Waals surface area contributed by atoms with Crippen molar-refractivity contribution in [2.45, 2.75) is 62.7 Å². The summed E-state index contributed by atoms with van der Waals surface area (Å²) in [4.78, 5) is 16.1. The van der Waals surface area contributed by atoms with Crippen LogP contribution in [0.5, 0.6) is 11.5 Å². The number of carbonyl (C=O) groups excluding carboxylic acids is 1. The van der Waals surface area contributed by atoms with Crippen LogP contribution in [0.3, 0.4) is 0 Å². The molecular weight excluding hydrogens is 414 g/mol. The maximum Gasteiger partial charge on any atom is 0.172 e. The van der Waals surface area contributed by atoms with Crippen LogP contribution < -0.4 is 4.74 Å². The number of likely N-dealkylation sites (tertiary alicyclic amines) is 1. The Hall–Kier alpha value is -2.63. The zero-order chi connectivity index (χ0) is 23.3. The summed E-state index contributed by atoms with van der Waals surface area (Å²) < 4.78 is 6.33. The number of aromatic hydroxyl groups is 1. The average Bonchev–Trinajstić information content (AvgIpc) is 3.14. The van der Waals surface area contributed by atoms with Gasteiger partial charge in [0.25, 0.3) is 0 Å². The molecule has 2 N–H and O–H groups in total. The monoisotopic (exact) mass is 445 g/mol. The highest BCUT2D eigenvalue weighted by molar-refractivity contribution is 6.04. The number of phenolic OH excluding ortho intramolecular Hbond substituents is 1. The van der Waals surface area contributed by atoms with E-state index in [0.29, 0.717) is 11.3 Å². The van der Waals surface area contributed by atoms with Gasteiger partial charge in [0.05, 0.1) is 5.41 Å². The Labute approximate surface area is 194 Å². The predicted molar refractivity (Wildman–Crippen MR) is 126 cm³/mol. The van der Waals surface area contributed by atoms with E-state index in [1.54, 1.807) is 6.07 Å². The van der Waals surface area contributed by atoms with Gasteiger partial charge in [0.1, 0.15) is 12.2 Å². The van der Waals surface area contributed by atoms with Gasteiger partial charge >= 0.3 is 0 Å². The smallest absolute Gasteiger partial charge is 0.172 e. The van der Waals surface area contributed by atoms with E-state index in [4.69, 9.17) is 4.74 Å². The lowest BCUT2D eigenvalue weighted by Crippen LogP contribution is -2.65. The SMILES string of the molecule is Cc1ccc(C(=O)C(C)(C)c2cc(O)c3c4c2C[C@@H]2[C@@H]5C=C[C@H](O)[C@H](O3)[C@]45CCN2C)cc1. The highest BCUT2D eigenvalue weighted by Crippen LogP contribution is 2.63. The predicted octanol–water partition coefficient (Wildman–Crippen LogP) is 3.67. The number of phenols is 1. The molecular formula is C28H31NO4. The molecule has 1 fully saturated rings. The molecule has 5 atom stereocenters. The Morgan fingerprint density at radius 1 is 1.21 bits per heavy atom. The van der Waals surface area contributed by atoms with Crippen molar-refractivity contribution in [1.82, 2.24) is 4.90 Å². The number of aryl methyl sites for hydroxylation is 1. The molecule has 6 rings (SSSR count). The molecule has 2 aromatic carbocycles. The zero-order valence-corrected chi connectivity index (χ0v) is 19.6. The van der Waals surface area contributed by atoms with Gasteiger partial charge in [-0.05, 0) is 64.4 Å². The van der Waals surface area contributed by atoms with E-state index in [0.717, 1.165) is 41.6 Å². The van der Waals surface area contributed by atoms with Crippen LogP contribution in [0, 0.1) is 12.8 Å². The molecule has 4 aliphatic rings. The number of hydrogen-bond acceptors (Lipinski definition) is 5. The fourth-order valence-electron chi connectivity index (χ4n) is 7.07. The molecule has 2 heterocycles. The van der Waals surface area contributed by atoms with Gasteiger partial charge in [-0.1, -0.05) is 42.0 Å². The Bertz CT molecular complexity index is 1200. The van der Waals surface area contributed by atoms with Gasteiger partial charge in [-0.2, -0.15) is 0 Å². The quantitative estimate of drug-likeness (QED) is 0.557. The molecule has 0 saturated carbocycles. The molecule has 0 amide bonds. The Kier molecular flexibility index (Phi) is 4.26. The van der Waals surface area contributed by atoms with Gasteiger partial charge in [0.2, 0.25) is 0 Å². The molecule has 2 bridgehead atoms. The van der Waals surface area contributed by atoms with E-state index in [2.05, 4.69) is 18.0 Å². The number of nitrogens with zero attached hydrogens (tertiary/aromatic N) is 1. The molecule has 0 radical (unpaired) electrons. The second kappa shape index (κ2) is 6.71. The van der Waals surface area contributed by atoms with Crippen LogP contribution in [0.25, 0.3) is 0 Å². The molecule has 5 nitrogen and oxygen atoms in total. The van der Waals surface area contributed by atoms with E-state index in [1.807, 2.05) is 51.1 Å². The molecule has 0 unspecified atom stereocenters. The number of carbonyl (C=O) groups is 1. The van der Waals surface area contributed by atoms with Crippen LogP contribution in [0.1, 0.15) is 52.9 Å². The van der Waals surface area contributed by atoms with Crippen LogP contribution in [-0.4, -0.2) is 52.7 Å². The normalized spacial score (nSPS) is 31.8. The Morgan fingerprint density at radius 3 is 2.67 bits per heavy atom. The van der Waals surface area contributed by atoms with Gasteiger partial charge in [-0.15, -0.1) is 0 Å². The van der Waals surface area contributed by atoms with Gasteiger partial charge in [0, 0.05) is 28.5 Å². The average molecular weight is 446 g/mol. The third kappa shape index (κ3) is 2.58. The van der Waals surface area contributed by atoms with E-state index in [-0.39, 0.29) is 28.9 Å². The molecule has 172 valence electrons. The fourth-order valence-corrected chi connectivity index (χ4v) is 7.07. The van der Waals surface area contributed by atoms with E-state index >= 15 is 0 Å². The minimum atomic E-state index is -0.825. The number of ether oxygens (including phenoxy) is 1. The highest BCUT2D eigenvalue weighted by Gasteiger charge is 2.65. The topological polar surface area (TPSA) is 70.0 Å². The maximum atomic E-state index is 13.7. The second-order valence-electron chi connectivity index (χ2n) is 10.9. The van der Waals surface area contributed by atoms with Gasteiger partial charge in [-0.25, -0.2) is 0 Å². The van der Waals surface area contributed by atoms with E-state index in [9.17, 15) is 15.0 Å². The second-order valence-corrected chi connectivity index (χ2v) is 10.9. The molecule has 2 aliphatic heterocycles.